The lowest BCUT2D eigenvalue weighted by Crippen LogP contribution is -1.98. The Morgan fingerprint density at radius 2 is 2.27 bits per heavy atom. The molecule has 0 aromatic heterocycles. The highest BCUT2D eigenvalue weighted by Crippen LogP contribution is 2.27. The lowest BCUT2D eigenvalue weighted by Gasteiger charge is -2.03. The number of hydrogen-bond donors (Lipinski definition) is 1. The molecule has 1 rings (SSSR count). The fourth-order valence-electron chi connectivity index (χ4n) is 1.23. The molecule has 1 aromatic rings. The molecule has 0 aliphatic heterocycles. The van der Waals surface area contributed by atoms with Crippen molar-refractivity contribution in [3.8, 4) is 0 Å². The number of hydrogen-bond acceptors (Lipinski definition) is 3. The first-order valence-corrected chi connectivity index (χ1v) is 5.45. The van der Waals surface area contributed by atoms with Crippen LogP contribution in [0.2, 0.25) is 0 Å². The van der Waals surface area contributed by atoms with Crippen molar-refractivity contribution in [2.24, 2.45) is 0 Å². The maximum Gasteiger partial charge on any atom is 0.292 e. The van der Waals surface area contributed by atoms with E-state index in [1.54, 1.807) is 6.92 Å². The van der Waals surface area contributed by atoms with E-state index < -0.39 is 4.92 Å². The summed E-state index contributed by atoms with van der Waals surface area (Å²) >= 11 is 3.24. The van der Waals surface area contributed by atoms with E-state index in [-0.39, 0.29) is 11.4 Å². The van der Waals surface area contributed by atoms with E-state index in [1.165, 1.54) is 6.07 Å². The third-order valence-corrected chi connectivity index (χ3v) is 2.36. The molecule has 0 aliphatic carbocycles. The van der Waals surface area contributed by atoms with Crippen LogP contribution in [0.1, 0.15) is 11.1 Å². The zero-order chi connectivity index (χ0) is 11.4. The van der Waals surface area contributed by atoms with Gasteiger partial charge in [0.1, 0.15) is 5.69 Å². The summed E-state index contributed by atoms with van der Waals surface area (Å²) in [5.41, 5.74) is 7.31. The molecule has 0 heterocycles. The summed E-state index contributed by atoms with van der Waals surface area (Å²) in [7, 11) is 0. The number of aryl methyl sites for hydroxylation is 1. The Morgan fingerprint density at radius 3 is 2.80 bits per heavy atom. The van der Waals surface area contributed by atoms with Gasteiger partial charge in [-0.25, -0.2) is 0 Å². The van der Waals surface area contributed by atoms with Gasteiger partial charge in [-0.2, -0.15) is 0 Å². The lowest BCUT2D eigenvalue weighted by molar-refractivity contribution is -0.383. The molecule has 0 saturated carbocycles. The van der Waals surface area contributed by atoms with E-state index in [9.17, 15) is 10.1 Å². The third kappa shape index (κ3) is 2.79. The van der Waals surface area contributed by atoms with E-state index in [0.29, 0.717) is 5.33 Å². The Bertz CT molecular complexity index is 416. The summed E-state index contributed by atoms with van der Waals surface area (Å²) in [5, 5.41) is 11.4. The van der Waals surface area contributed by atoms with E-state index >= 15 is 0 Å². The number of nitro groups is 1. The quantitative estimate of drug-likeness (QED) is 0.397. The van der Waals surface area contributed by atoms with Crippen molar-refractivity contribution in [2.75, 3.05) is 11.1 Å². The molecular formula is C10H11BrN2O2. The molecule has 4 nitrogen and oxygen atoms in total. The molecule has 0 bridgehead atoms. The minimum absolute atomic E-state index is 0.0378. The summed E-state index contributed by atoms with van der Waals surface area (Å²) in [6.07, 6.45) is 3.68. The van der Waals surface area contributed by atoms with Gasteiger partial charge in [0.25, 0.3) is 5.69 Å². The van der Waals surface area contributed by atoms with Crippen molar-refractivity contribution in [3.63, 3.8) is 0 Å². The smallest absolute Gasteiger partial charge is 0.292 e. The number of halogens is 1. The number of nitrogen functional groups attached to an aromatic ring is 1. The highest BCUT2D eigenvalue weighted by Gasteiger charge is 2.13. The molecule has 2 N–H and O–H groups in total. The SMILES string of the molecule is Cc1cc(C=CCBr)cc([N+](=O)[O-])c1N. The second-order valence-corrected chi connectivity index (χ2v) is 3.73. The summed E-state index contributed by atoms with van der Waals surface area (Å²) in [6.45, 7) is 1.76. The van der Waals surface area contributed by atoms with E-state index in [2.05, 4.69) is 15.9 Å². The first kappa shape index (κ1) is 11.7. The van der Waals surface area contributed by atoms with Gasteiger partial charge in [0.05, 0.1) is 4.92 Å². The normalized spacial score (nSPS) is 10.8. The van der Waals surface area contributed by atoms with Gasteiger partial charge in [0.2, 0.25) is 0 Å². The molecule has 0 aliphatic rings. The topological polar surface area (TPSA) is 69.2 Å². The van der Waals surface area contributed by atoms with Gasteiger partial charge in [-0.05, 0) is 24.1 Å². The van der Waals surface area contributed by atoms with Crippen LogP contribution in [0.4, 0.5) is 11.4 Å². The van der Waals surface area contributed by atoms with Crippen LogP contribution in [0.3, 0.4) is 0 Å². The predicted octanol–water partition coefficient (Wildman–Crippen LogP) is 2.89. The fourth-order valence-corrected chi connectivity index (χ4v) is 1.42. The minimum atomic E-state index is -0.464. The maximum atomic E-state index is 10.7. The molecular weight excluding hydrogens is 260 g/mol. The zero-order valence-corrected chi connectivity index (χ0v) is 9.82. The number of nitrogens with zero attached hydrogens (tertiary/aromatic N) is 1. The first-order valence-electron chi connectivity index (χ1n) is 4.33. The number of anilines is 1. The van der Waals surface area contributed by atoms with E-state index in [1.807, 2.05) is 18.2 Å². The van der Waals surface area contributed by atoms with E-state index in [0.717, 1.165) is 11.1 Å². The van der Waals surface area contributed by atoms with Crippen LogP contribution in [0.25, 0.3) is 6.08 Å². The fraction of sp³-hybridized carbons (Fsp3) is 0.200. The molecule has 0 unspecified atom stereocenters. The number of nitro benzene ring substituents is 1. The van der Waals surface area contributed by atoms with Crippen LogP contribution in [0.5, 0.6) is 0 Å². The Balaban J connectivity index is 3.23. The van der Waals surface area contributed by atoms with Gasteiger partial charge in [-0.15, -0.1) is 0 Å². The van der Waals surface area contributed by atoms with Crippen molar-refractivity contribution < 1.29 is 4.92 Å². The first-order chi connectivity index (χ1) is 7.06. The van der Waals surface area contributed by atoms with Crippen molar-refractivity contribution in [2.45, 2.75) is 6.92 Å². The highest BCUT2D eigenvalue weighted by molar-refractivity contribution is 9.09. The largest absolute Gasteiger partial charge is 0.393 e. The molecule has 5 heteroatoms. The Labute approximate surface area is 96.1 Å². The molecule has 0 atom stereocenters. The third-order valence-electron chi connectivity index (χ3n) is 1.98. The van der Waals surface area contributed by atoms with Gasteiger partial charge >= 0.3 is 0 Å². The van der Waals surface area contributed by atoms with Crippen molar-refractivity contribution >= 4 is 33.4 Å². The monoisotopic (exact) mass is 270 g/mol. The molecule has 0 saturated heterocycles. The van der Waals surface area contributed by atoms with Gasteiger partial charge < -0.3 is 5.73 Å². The lowest BCUT2D eigenvalue weighted by atomic mass is 10.1. The second-order valence-electron chi connectivity index (χ2n) is 3.08. The summed E-state index contributed by atoms with van der Waals surface area (Å²) in [4.78, 5) is 10.2. The predicted molar refractivity (Wildman–Crippen MR) is 65.1 cm³/mol. The molecule has 0 radical (unpaired) electrons. The number of nitrogens with two attached hydrogens (primary N) is 1. The molecule has 1 aromatic carbocycles. The Morgan fingerprint density at radius 1 is 1.60 bits per heavy atom. The number of rotatable bonds is 3. The maximum absolute atomic E-state index is 10.7. The van der Waals surface area contributed by atoms with Gasteiger partial charge in [0, 0.05) is 11.4 Å². The summed E-state index contributed by atoms with van der Waals surface area (Å²) < 4.78 is 0. The van der Waals surface area contributed by atoms with Crippen molar-refractivity contribution in [1.29, 1.82) is 0 Å². The molecule has 0 spiro atoms. The average molecular weight is 271 g/mol. The second kappa shape index (κ2) is 4.93. The standard InChI is InChI=1S/C10H11BrN2O2/c1-7-5-8(3-2-4-11)6-9(10(7)12)13(14)15/h2-3,5-6H,4,12H2,1H3. The molecule has 0 fully saturated rings. The van der Waals surface area contributed by atoms with Crippen LogP contribution < -0.4 is 5.73 Å². The van der Waals surface area contributed by atoms with Crippen LogP contribution in [0, 0.1) is 17.0 Å². The average Bonchev–Trinajstić information content (AvgIpc) is 2.19. The Hall–Kier alpha value is -1.36. The number of alkyl halides is 1. The highest BCUT2D eigenvalue weighted by atomic mass is 79.9. The van der Waals surface area contributed by atoms with Gasteiger partial charge in [-0.1, -0.05) is 28.1 Å². The zero-order valence-electron chi connectivity index (χ0n) is 8.24. The summed E-state index contributed by atoms with van der Waals surface area (Å²) in [6, 6.07) is 3.29. The number of allylic oxidation sites excluding steroid dienone is 1. The van der Waals surface area contributed by atoms with Crippen molar-refractivity contribution in [3.05, 3.63) is 39.4 Å². The summed E-state index contributed by atoms with van der Waals surface area (Å²) in [5.74, 6) is 0. The van der Waals surface area contributed by atoms with Crippen molar-refractivity contribution in [1.82, 2.24) is 0 Å². The van der Waals surface area contributed by atoms with Crippen LogP contribution in [-0.2, 0) is 0 Å². The molecule has 80 valence electrons. The molecule has 0 amide bonds. The van der Waals surface area contributed by atoms with Gasteiger partial charge in [-0.3, -0.25) is 10.1 Å². The minimum Gasteiger partial charge on any atom is -0.393 e. The van der Waals surface area contributed by atoms with E-state index in [4.69, 9.17) is 5.73 Å². The number of benzene rings is 1. The van der Waals surface area contributed by atoms with Gasteiger partial charge in [0.15, 0.2) is 0 Å². The van der Waals surface area contributed by atoms with Crippen LogP contribution >= 0.6 is 15.9 Å². The Kier molecular flexibility index (Phi) is 3.85. The van der Waals surface area contributed by atoms with Crippen LogP contribution in [0.15, 0.2) is 18.2 Å². The van der Waals surface area contributed by atoms with Crippen LogP contribution in [-0.4, -0.2) is 10.3 Å². The molecule has 15 heavy (non-hydrogen) atoms.